The first kappa shape index (κ1) is 26.3. The first-order valence-corrected chi connectivity index (χ1v) is 14.2. The first-order valence-electron chi connectivity index (χ1n) is 13.0. The van der Waals surface area contributed by atoms with Crippen LogP contribution in [0.3, 0.4) is 0 Å². The molecular weight excluding hydrogens is 512 g/mol. The largest absolute Gasteiger partial charge is 0.465 e. The average Bonchev–Trinajstić information content (AvgIpc) is 3.22. The minimum Gasteiger partial charge on any atom is -0.465 e. The van der Waals surface area contributed by atoms with Gasteiger partial charge in [0.05, 0.1) is 23.2 Å². The number of ether oxygens (including phenoxy) is 1. The zero-order chi connectivity index (χ0) is 26.2. The van der Waals surface area contributed by atoms with Crippen molar-refractivity contribution in [2.24, 2.45) is 11.8 Å². The van der Waals surface area contributed by atoms with Gasteiger partial charge in [0, 0.05) is 35.2 Å². The van der Waals surface area contributed by atoms with Gasteiger partial charge in [-0.2, -0.15) is 0 Å². The van der Waals surface area contributed by atoms with Crippen LogP contribution in [0.1, 0.15) is 39.0 Å². The van der Waals surface area contributed by atoms with Crippen LogP contribution in [0.15, 0.2) is 48.6 Å². The molecule has 37 heavy (non-hydrogen) atoms. The second-order valence-electron chi connectivity index (χ2n) is 10.4. The van der Waals surface area contributed by atoms with Crippen LogP contribution in [0.5, 0.6) is 0 Å². The molecule has 0 aliphatic carbocycles. The minimum absolute atomic E-state index is 0.0877. The second kappa shape index (κ2) is 10.5. The Bertz CT molecular complexity index is 1120. The van der Waals surface area contributed by atoms with Crippen LogP contribution in [-0.4, -0.2) is 69.6 Å². The van der Waals surface area contributed by atoms with Gasteiger partial charge < -0.3 is 19.6 Å². The smallest absolute Gasteiger partial charge is 0.311 e. The van der Waals surface area contributed by atoms with E-state index in [1.54, 1.807) is 33.7 Å². The number of thioether (sulfide) groups is 1. The molecule has 5 rings (SSSR count). The molecule has 7 nitrogen and oxygen atoms in total. The number of likely N-dealkylation sites (tertiary alicyclic amines) is 1. The van der Waals surface area contributed by atoms with Crippen molar-refractivity contribution in [3.8, 4) is 0 Å². The molecule has 2 fully saturated rings. The number of carbonyl (C=O) groups is 3. The van der Waals surface area contributed by atoms with E-state index >= 15 is 0 Å². The van der Waals surface area contributed by atoms with Crippen molar-refractivity contribution in [2.45, 2.75) is 54.6 Å². The molecule has 198 valence electrons. The lowest BCUT2D eigenvalue weighted by Crippen LogP contribution is -2.53. The summed E-state index contributed by atoms with van der Waals surface area (Å²) in [6, 6.07) is 6.37. The highest BCUT2D eigenvalue weighted by Gasteiger charge is 2.73. The number of rotatable bonds is 6. The van der Waals surface area contributed by atoms with Gasteiger partial charge in [-0.3, -0.25) is 14.4 Å². The van der Waals surface area contributed by atoms with Crippen molar-refractivity contribution in [3.05, 3.63) is 53.6 Å². The highest BCUT2D eigenvalue weighted by molar-refractivity contribution is 8.02. The number of cyclic esters (lactones) is 1. The number of carbonyl (C=O) groups excluding carboxylic acids is 3. The highest BCUT2D eigenvalue weighted by Crippen LogP contribution is 2.65. The summed E-state index contributed by atoms with van der Waals surface area (Å²) >= 11 is 7.66. The van der Waals surface area contributed by atoms with Crippen LogP contribution in [0.2, 0.25) is 5.02 Å². The molecule has 0 saturated carbocycles. The Morgan fingerprint density at radius 1 is 1.05 bits per heavy atom. The molecule has 0 radical (unpaired) electrons. The fourth-order valence-corrected chi connectivity index (χ4v) is 8.58. The van der Waals surface area contributed by atoms with E-state index in [0.29, 0.717) is 43.2 Å². The van der Waals surface area contributed by atoms with Crippen LogP contribution in [0.4, 0.5) is 5.69 Å². The van der Waals surface area contributed by atoms with Crippen LogP contribution < -0.4 is 4.90 Å². The molecule has 1 spiro atoms. The number of hydrogen-bond acceptors (Lipinski definition) is 6. The predicted molar refractivity (Wildman–Crippen MR) is 144 cm³/mol. The van der Waals surface area contributed by atoms with Gasteiger partial charge in [-0.05, 0) is 63.3 Å². The lowest BCUT2D eigenvalue weighted by molar-refractivity contribution is -0.154. The molecule has 1 unspecified atom stereocenters. The zero-order valence-corrected chi connectivity index (χ0v) is 22.5. The molecule has 1 aromatic carbocycles. The molecule has 5 atom stereocenters. The number of halogens is 1. The summed E-state index contributed by atoms with van der Waals surface area (Å²) in [5, 5.41) is 9.81. The summed E-state index contributed by atoms with van der Waals surface area (Å²) in [7, 11) is 0. The number of fused-ring (bicyclic) bond motifs is 2. The number of hydrogen-bond donors (Lipinski definition) is 1. The number of benzene rings is 1. The Hall–Kier alpha value is -2.29. The van der Waals surface area contributed by atoms with Crippen LogP contribution in [-0.2, 0) is 19.1 Å². The van der Waals surface area contributed by atoms with Crippen molar-refractivity contribution < 1.29 is 24.2 Å². The van der Waals surface area contributed by atoms with Gasteiger partial charge in [0.25, 0.3) is 5.91 Å². The molecule has 4 aliphatic heterocycles. The number of aliphatic hydroxyl groups is 1. The van der Waals surface area contributed by atoms with Crippen LogP contribution in [0, 0.1) is 11.8 Å². The molecular formula is C28H33ClN2O5S. The summed E-state index contributed by atoms with van der Waals surface area (Å²) in [5.74, 6) is -2.09. The summed E-state index contributed by atoms with van der Waals surface area (Å²) < 4.78 is 4.09. The molecule has 1 aromatic rings. The third-order valence-corrected chi connectivity index (χ3v) is 9.99. The van der Waals surface area contributed by atoms with Gasteiger partial charge in [-0.1, -0.05) is 35.9 Å². The van der Waals surface area contributed by atoms with Gasteiger partial charge in [0.15, 0.2) is 0 Å². The SMILES string of the molecule is C[C@@]12/C=C\CCCOC(=O)[C@@H]1[C@H]1C(=O)N(CCCCCO)C3C(=O)N(c4ccc(Cl)cc4)CC=C[C@@]31S2. The molecule has 4 aliphatic rings. The van der Waals surface area contributed by atoms with E-state index in [1.807, 2.05) is 31.2 Å². The van der Waals surface area contributed by atoms with Crippen molar-refractivity contribution in [3.63, 3.8) is 0 Å². The molecule has 0 aromatic heterocycles. The number of anilines is 1. The summed E-state index contributed by atoms with van der Waals surface area (Å²) in [6.07, 6.45) is 11.7. The van der Waals surface area contributed by atoms with Gasteiger partial charge in [-0.25, -0.2) is 0 Å². The van der Waals surface area contributed by atoms with Crippen LogP contribution >= 0.6 is 23.4 Å². The lowest BCUT2D eigenvalue weighted by atomic mass is 9.74. The van der Waals surface area contributed by atoms with E-state index in [4.69, 9.17) is 16.3 Å². The number of nitrogens with zero attached hydrogens (tertiary/aromatic N) is 2. The van der Waals surface area contributed by atoms with E-state index in [-0.39, 0.29) is 24.4 Å². The number of esters is 1. The van der Waals surface area contributed by atoms with E-state index in [2.05, 4.69) is 12.2 Å². The number of unbranched alkanes of at least 4 members (excludes halogenated alkanes) is 2. The Morgan fingerprint density at radius 3 is 2.59 bits per heavy atom. The van der Waals surface area contributed by atoms with Crippen molar-refractivity contribution >= 4 is 46.8 Å². The van der Waals surface area contributed by atoms with Gasteiger partial charge in [-0.15, -0.1) is 11.8 Å². The van der Waals surface area contributed by atoms with Gasteiger partial charge in [0.1, 0.15) is 6.04 Å². The fourth-order valence-electron chi connectivity index (χ4n) is 6.30. The van der Waals surface area contributed by atoms with Crippen LogP contribution in [0.25, 0.3) is 0 Å². The van der Waals surface area contributed by atoms with E-state index in [9.17, 15) is 19.5 Å². The first-order chi connectivity index (χ1) is 17.8. The summed E-state index contributed by atoms with van der Waals surface area (Å²) in [5.41, 5.74) is 0.711. The molecule has 2 amide bonds. The highest BCUT2D eigenvalue weighted by atomic mass is 35.5. The van der Waals surface area contributed by atoms with E-state index in [1.165, 1.54) is 0 Å². The normalized spacial score (nSPS) is 34.1. The summed E-state index contributed by atoms with van der Waals surface area (Å²) in [6.45, 7) is 3.16. The van der Waals surface area contributed by atoms with Gasteiger partial charge >= 0.3 is 5.97 Å². The Kier molecular flexibility index (Phi) is 7.44. The fraction of sp³-hybridized carbons (Fsp3) is 0.536. The Morgan fingerprint density at radius 2 is 1.84 bits per heavy atom. The van der Waals surface area contributed by atoms with E-state index in [0.717, 1.165) is 19.3 Å². The van der Waals surface area contributed by atoms with Crippen molar-refractivity contribution in [1.82, 2.24) is 4.90 Å². The summed E-state index contributed by atoms with van der Waals surface area (Å²) in [4.78, 5) is 45.4. The Balaban J connectivity index is 1.59. The molecule has 2 saturated heterocycles. The third-order valence-electron chi connectivity index (χ3n) is 7.95. The number of allylic oxidation sites excluding steroid dienone is 1. The molecule has 9 heteroatoms. The Labute approximate surface area is 226 Å². The second-order valence-corrected chi connectivity index (χ2v) is 12.6. The molecule has 4 heterocycles. The van der Waals surface area contributed by atoms with Crippen molar-refractivity contribution in [1.29, 1.82) is 0 Å². The predicted octanol–water partition coefficient (Wildman–Crippen LogP) is 3.99. The molecule has 1 N–H and O–H groups in total. The van der Waals surface area contributed by atoms with Crippen molar-refractivity contribution in [2.75, 3.05) is 31.2 Å². The number of aliphatic hydroxyl groups excluding tert-OH is 1. The standard InChI is InChI=1S/C28H33ClN2O5S/c1-27-13-4-2-7-18-36-26(35)22(27)21-24(33)31(15-5-3-6-17-32)23-25(34)30(16-8-14-28(21,23)37-27)20-11-9-19(29)10-12-20/h4,8-14,21-23,32H,2-3,5-7,15-18H2,1H3/b13-4-/t21-,22-,23?,27+,28-/m0/s1. The molecule has 0 bridgehead atoms. The van der Waals surface area contributed by atoms with Gasteiger partial charge in [0.2, 0.25) is 5.91 Å². The quantitative estimate of drug-likeness (QED) is 0.331. The topological polar surface area (TPSA) is 87.1 Å². The zero-order valence-electron chi connectivity index (χ0n) is 21.0. The maximum Gasteiger partial charge on any atom is 0.311 e. The average molecular weight is 545 g/mol. The maximum atomic E-state index is 14.3. The number of amides is 2. The minimum atomic E-state index is -0.895. The maximum absolute atomic E-state index is 14.3. The monoisotopic (exact) mass is 544 g/mol. The lowest BCUT2D eigenvalue weighted by Gasteiger charge is -2.37. The van der Waals surface area contributed by atoms with E-state index < -0.39 is 27.4 Å². The third kappa shape index (κ3) is 4.51.